The van der Waals surface area contributed by atoms with Crippen molar-refractivity contribution in [2.45, 2.75) is 40.6 Å². The number of halogens is 1. The summed E-state index contributed by atoms with van der Waals surface area (Å²) in [5.41, 5.74) is -0.118. The lowest BCUT2D eigenvalue weighted by Crippen LogP contribution is -2.26. The van der Waals surface area contributed by atoms with E-state index in [1.54, 1.807) is 26.0 Å². The van der Waals surface area contributed by atoms with Crippen LogP contribution in [-0.2, 0) is 26.0 Å². The topological polar surface area (TPSA) is 35.5 Å². The molecule has 0 fully saturated rings. The van der Waals surface area contributed by atoms with Gasteiger partial charge in [-0.05, 0) is 80.1 Å². The summed E-state index contributed by atoms with van der Waals surface area (Å²) in [6, 6.07) is 34.9. The standard InChI is InChI=1S/C30H28FO3S/c1-30(2,23-13-15-24(31)16-14-23)34-29(32)21-22-33-25-17-19-28(20-18-25)35(26-9-5-3-6-10-26)27-11-7-4-8-12-27/h3-20H,21-22H2,1-2H3/q+1. The highest BCUT2D eigenvalue weighted by molar-refractivity contribution is 7.97. The van der Waals surface area contributed by atoms with Gasteiger partial charge in [0, 0.05) is 0 Å². The maximum absolute atomic E-state index is 13.2. The minimum absolute atomic E-state index is 0.116. The van der Waals surface area contributed by atoms with Gasteiger partial charge < -0.3 is 9.47 Å². The number of benzene rings is 4. The van der Waals surface area contributed by atoms with Crippen LogP contribution in [0.2, 0.25) is 0 Å². The zero-order valence-electron chi connectivity index (χ0n) is 19.8. The van der Waals surface area contributed by atoms with E-state index in [9.17, 15) is 9.18 Å². The van der Waals surface area contributed by atoms with E-state index >= 15 is 0 Å². The normalized spacial score (nSPS) is 11.3. The lowest BCUT2D eigenvalue weighted by molar-refractivity contribution is -0.158. The van der Waals surface area contributed by atoms with Gasteiger partial charge in [-0.2, -0.15) is 0 Å². The van der Waals surface area contributed by atoms with E-state index in [0.29, 0.717) is 5.75 Å². The summed E-state index contributed by atoms with van der Waals surface area (Å²) in [5, 5.41) is 0. The van der Waals surface area contributed by atoms with Gasteiger partial charge in [0.25, 0.3) is 0 Å². The molecule has 0 N–H and O–H groups in total. The van der Waals surface area contributed by atoms with Gasteiger partial charge in [-0.25, -0.2) is 4.39 Å². The number of carbonyl (C=O) groups is 1. The predicted octanol–water partition coefficient (Wildman–Crippen LogP) is 7.17. The molecule has 0 aliphatic carbocycles. The number of hydrogen-bond acceptors (Lipinski definition) is 3. The Kier molecular flexibility index (Phi) is 7.88. The van der Waals surface area contributed by atoms with Crippen LogP contribution in [-0.4, -0.2) is 12.6 Å². The van der Waals surface area contributed by atoms with E-state index in [2.05, 4.69) is 60.7 Å². The summed E-state index contributed by atoms with van der Waals surface area (Å²) in [4.78, 5) is 16.1. The van der Waals surface area contributed by atoms with Crippen molar-refractivity contribution in [2.24, 2.45) is 0 Å². The summed E-state index contributed by atoms with van der Waals surface area (Å²) in [5.74, 6) is 0.00403. The van der Waals surface area contributed by atoms with Crippen molar-refractivity contribution < 1.29 is 18.7 Å². The van der Waals surface area contributed by atoms with E-state index in [-0.39, 0.29) is 35.7 Å². The van der Waals surface area contributed by atoms with Crippen LogP contribution in [0, 0.1) is 5.82 Å². The smallest absolute Gasteiger partial charge is 0.310 e. The number of carbonyl (C=O) groups excluding carboxylic acids is 1. The van der Waals surface area contributed by atoms with Crippen LogP contribution < -0.4 is 4.74 Å². The molecule has 0 radical (unpaired) electrons. The Bertz CT molecular complexity index is 1180. The van der Waals surface area contributed by atoms with E-state index in [0.717, 1.165) is 5.56 Å². The lowest BCUT2D eigenvalue weighted by atomic mass is 9.98. The number of hydrogen-bond donors (Lipinski definition) is 0. The second kappa shape index (κ2) is 11.2. The van der Waals surface area contributed by atoms with Gasteiger partial charge in [-0.15, -0.1) is 0 Å². The maximum atomic E-state index is 13.2. The Morgan fingerprint density at radius 2 is 1.26 bits per heavy atom. The molecule has 5 heteroatoms. The summed E-state index contributed by atoms with van der Waals surface area (Å²) in [6.45, 7) is 3.78. The van der Waals surface area contributed by atoms with Crippen molar-refractivity contribution in [3.05, 3.63) is 121 Å². The maximum Gasteiger partial charge on any atom is 0.310 e. The summed E-state index contributed by atoms with van der Waals surface area (Å²) in [6.07, 6.45) is 0.116. The quantitative estimate of drug-likeness (QED) is 0.185. The molecule has 0 bridgehead atoms. The average Bonchev–Trinajstić information content (AvgIpc) is 2.86. The number of rotatable bonds is 9. The van der Waals surface area contributed by atoms with Gasteiger partial charge in [0.1, 0.15) is 17.2 Å². The molecule has 0 saturated carbocycles. The Morgan fingerprint density at radius 1 is 0.743 bits per heavy atom. The number of ether oxygens (including phenoxy) is 2. The number of esters is 1. The molecule has 0 aliphatic heterocycles. The third kappa shape index (κ3) is 6.52. The van der Waals surface area contributed by atoms with Crippen molar-refractivity contribution in [3.8, 4) is 5.75 Å². The van der Waals surface area contributed by atoms with E-state index in [4.69, 9.17) is 9.47 Å². The third-order valence-corrected chi connectivity index (χ3v) is 7.73. The second-order valence-electron chi connectivity index (χ2n) is 8.49. The van der Waals surface area contributed by atoms with Crippen LogP contribution in [0.25, 0.3) is 0 Å². The SMILES string of the molecule is CC(C)(OC(=O)CCOc1ccc([S+](c2ccccc2)c2ccccc2)cc1)c1ccc(F)cc1. The highest BCUT2D eigenvalue weighted by atomic mass is 32.2. The van der Waals surface area contributed by atoms with Crippen molar-refractivity contribution in [1.29, 1.82) is 0 Å². The highest BCUT2D eigenvalue weighted by Crippen LogP contribution is 2.32. The van der Waals surface area contributed by atoms with Gasteiger partial charge in [0.2, 0.25) is 0 Å². The molecule has 0 aromatic heterocycles. The van der Waals surface area contributed by atoms with Crippen molar-refractivity contribution in [2.75, 3.05) is 6.61 Å². The molecule has 4 aromatic rings. The molecular weight excluding hydrogens is 459 g/mol. The van der Waals surface area contributed by atoms with Crippen LogP contribution in [0.1, 0.15) is 25.8 Å². The summed E-state index contributed by atoms with van der Waals surface area (Å²) >= 11 is 0. The molecule has 0 spiro atoms. The van der Waals surface area contributed by atoms with Crippen molar-refractivity contribution in [3.63, 3.8) is 0 Å². The predicted molar refractivity (Wildman–Crippen MR) is 137 cm³/mol. The summed E-state index contributed by atoms with van der Waals surface area (Å²) in [7, 11) is -0.220. The first-order valence-corrected chi connectivity index (χ1v) is 12.7. The minimum Gasteiger partial charge on any atom is -0.493 e. The van der Waals surface area contributed by atoms with Crippen LogP contribution in [0.5, 0.6) is 5.75 Å². The molecule has 178 valence electrons. The molecule has 0 amide bonds. The van der Waals surface area contributed by atoms with Crippen molar-refractivity contribution >= 4 is 16.9 Å². The van der Waals surface area contributed by atoms with E-state index in [1.165, 1.54) is 26.8 Å². The van der Waals surface area contributed by atoms with Gasteiger partial charge >= 0.3 is 5.97 Å². The van der Waals surface area contributed by atoms with Crippen molar-refractivity contribution in [1.82, 2.24) is 0 Å². The molecule has 0 heterocycles. The first-order valence-electron chi connectivity index (χ1n) is 11.5. The monoisotopic (exact) mass is 487 g/mol. The van der Waals surface area contributed by atoms with Crippen LogP contribution in [0.4, 0.5) is 4.39 Å². The molecular formula is C30H28FO3S+. The highest BCUT2D eigenvalue weighted by Gasteiger charge is 2.28. The zero-order chi connectivity index (χ0) is 24.7. The first kappa shape index (κ1) is 24.6. The van der Waals surface area contributed by atoms with Gasteiger partial charge in [0.05, 0.1) is 23.9 Å². The van der Waals surface area contributed by atoms with Crippen LogP contribution in [0.15, 0.2) is 124 Å². The summed E-state index contributed by atoms with van der Waals surface area (Å²) < 4.78 is 24.6. The molecule has 3 nitrogen and oxygen atoms in total. The molecule has 4 aromatic carbocycles. The zero-order valence-corrected chi connectivity index (χ0v) is 20.6. The second-order valence-corrected chi connectivity index (χ2v) is 10.5. The average molecular weight is 488 g/mol. The van der Waals surface area contributed by atoms with Gasteiger partial charge in [-0.3, -0.25) is 4.79 Å². The Labute approximate surface area is 208 Å². The minimum atomic E-state index is -0.850. The Balaban J connectivity index is 1.36. The Hall–Kier alpha value is -3.57. The van der Waals surface area contributed by atoms with Crippen LogP contribution in [0.3, 0.4) is 0 Å². The molecule has 4 rings (SSSR count). The third-order valence-electron chi connectivity index (χ3n) is 5.50. The molecule has 0 unspecified atom stereocenters. The lowest BCUT2D eigenvalue weighted by Gasteiger charge is -2.25. The largest absolute Gasteiger partial charge is 0.493 e. The molecule has 35 heavy (non-hydrogen) atoms. The molecule has 0 atom stereocenters. The first-order chi connectivity index (χ1) is 16.9. The van der Waals surface area contributed by atoms with Crippen LogP contribution >= 0.6 is 0 Å². The van der Waals surface area contributed by atoms with E-state index < -0.39 is 5.60 Å². The van der Waals surface area contributed by atoms with E-state index in [1.807, 2.05) is 24.3 Å². The van der Waals surface area contributed by atoms with Gasteiger partial charge in [-0.1, -0.05) is 48.5 Å². The Morgan fingerprint density at radius 3 is 1.80 bits per heavy atom. The fourth-order valence-electron chi connectivity index (χ4n) is 3.69. The molecule has 0 aliphatic rings. The molecule has 0 saturated heterocycles. The fourth-order valence-corrected chi connectivity index (χ4v) is 5.77. The fraction of sp³-hybridized carbons (Fsp3) is 0.167. The van der Waals surface area contributed by atoms with Gasteiger partial charge in [0.15, 0.2) is 14.7 Å².